The van der Waals surface area contributed by atoms with Crippen LogP contribution in [0.5, 0.6) is 0 Å². The smallest absolute Gasteiger partial charge is 0.0702 e. The third kappa shape index (κ3) is 2.28. The van der Waals surface area contributed by atoms with Gasteiger partial charge in [0.2, 0.25) is 0 Å². The molecule has 4 aromatic rings. The minimum atomic E-state index is -0.0311. The Bertz CT molecular complexity index is 1200. The number of nitrogens with zero attached hydrogens (tertiary/aromatic N) is 1. The fraction of sp³-hybridized carbons (Fsp3) is 0.192. The van der Waals surface area contributed by atoms with Gasteiger partial charge in [-0.25, -0.2) is 0 Å². The van der Waals surface area contributed by atoms with Gasteiger partial charge in [0.1, 0.15) is 0 Å². The molecule has 1 aromatic heterocycles. The van der Waals surface area contributed by atoms with Crippen LogP contribution in [0.3, 0.4) is 0 Å². The summed E-state index contributed by atoms with van der Waals surface area (Å²) in [6.45, 7) is 9.12. The molecule has 5 rings (SSSR count). The number of rotatable bonds is 1. The van der Waals surface area contributed by atoms with Crippen molar-refractivity contribution in [3.8, 4) is 22.4 Å². The van der Waals surface area contributed by atoms with Gasteiger partial charge in [-0.1, -0.05) is 56.3 Å². The van der Waals surface area contributed by atoms with E-state index in [0.29, 0.717) is 0 Å². The molecule has 27 heavy (non-hydrogen) atoms. The van der Waals surface area contributed by atoms with Gasteiger partial charge in [0.05, 0.1) is 5.69 Å². The van der Waals surface area contributed by atoms with Gasteiger partial charge < -0.3 is 0 Å². The lowest BCUT2D eigenvalue weighted by molar-refractivity contribution is 0.666. The summed E-state index contributed by atoms with van der Waals surface area (Å²) in [5.74, 6) is 0. The van der Waals surface area contributed by atoms with Gasteiger partial charge >= 0.3 is 0 Å². The van der Waals surface area contributed by atoms with Crippen molar-refractivity contribution in [2.45, 2.75) is 33.1 Å². The van der Waals surface area contributed by atoms with Crippen molar-refractivity contribution in [1.82, 2.24) is 4.98 Å². The molecule has 1 heterocycles. The van der Waals surface area contributed by atoms with E-state index in [4.69, 9.17) is 0 Å². The average Bonchev–Trinajstić information content (AvgIpc) is 2.91. The van der Waals surface area contributed by atoms with Crippen molar-refractivity contribution in [1.29, 1.82) is 0 Å². The monoisotopic (exact) mass is 349 g/mol. The molecule has 0 fully saturated rings. The summed E-state index contributed by atoms with van der Waals surface area (Å²) in [7, 11) is 0. The molecule has 1 heteroatoms. The minimum absolute atomic E-state index is 0.0311. The highest BCUT2D eigenvalue weighted by atomic mass is 14.7. The number of hydrogen-bond donors (Lipinski definition) is 0. The molecule has 1 nitrogen and oxygen atoms in total. The average molecular weight is 349 g/mol. The van der Waals surface area contributed by atoms with E-state index in [2.05, 4.69) is 81.2 Å². The van der Waals surface area contributed by atoms with Crippen LogP contribution in [0.2, 0.25) is 0 Å². The number of pyridine rings is 1. The van der Waals surface area contributed by atoms with Crippen LogP contribution in [0.1, 0.15) is 36.1 Å². The Kier molecular flexibility index (Phi) is 3.33. The second-order valence-electron chi connectivity index (χ2n) is 8.25. The summed E-state index contributed by atoms with van der Waals surface area (Å²) in [5, 5.41) is 2.72. The number of fused-ring (bicyclic) bond motifs is 5. The first-order valence-electron chi connectivity index (χ1n) is 9.57. The van der Waals surface area contributed by atoms with Crippen LogP contribution in [0.15, 0.2) is 66.9 Å². The van der Waals surface area contributed by atoms with E-state index < -0.39 is 0 Å². The molecule has 0 aliphatic heterocycles. The molecule has 1 aliphatic rings. The van der Waals surface area contributed by atoms with Crippen LogP contribution in [0, 0.1) is 13.8 Å². The maximum absolute atomic E-state index is 4.54. The van der Waals surface area contributed by atoms with Gasteiger partial charge in [0.15, 0.2) is 0 Å². The third-order valence-corrected chi connectivity index (χ3v) is 6.20. The molecule has 0 unspecified atom stereocenters. The maximum atomic E-state index is 4.54. The van der Waals surface area contributed by atoms with Crippen LogP contribution in [0.25, 0.3) is 33.2 Å². The number of benzene rings is 3. The second-order valence-corrected chi connectivity index (χ2v) is 8.25. The van der Waals surface area contributed by atoms with Crippen molar-refractivity contribution >= 4 is 10.8 Å². The zero-order valence-corrected chi connectivity index (χ0v) is 16.3. The lowest BCUT2D eigenvalue weighted by Gasteiger charge is -2.24. The highest BCUT2D eigenvalue weighted by Crippen LogP contribution is 2.52. The Hall–Kier alpha value is -2.93. The largest absolute Gasteiger partial charge is 0.256 e. The van der Waals surface area contributed by atoms with E-state index in [-0.39, 0.29) is 5.41 Å². The van der Waals surface area contributed by atoms with Crippen LogP contribution in [0.4, 0.5) is 0 Å². The molecule has 0 amide bonds. The van der Waals surface area contributed by atoms with Gasteiger partial charge in [-0.05, 0) is 76.2 Å². The molecule has 0 bridgehead atoms. The summed E-state index contributed by atoms with van der Waals surface area (Å²) in [4.78, 5) is 4.54. The molecule has 132 valence electrons. The fourth-order valence-electron chi connectivity index (χ4n) is 4.62. The Labute approximate surface area is 160 Å². The third-order valence-electron chi connectivity index (χ3n) is 6.20. The molecule has 3 aromatic carbocycles. The van der Waals surface area contributed by atoms with Gasteiger partial charge in [-0.15, -0.1) is 0 Å². The lowest BCUT2D eigenvalue weighted by atomic mass is 9.79. The van der Waals surface area contributed by atoms with Crippen LogP contribution in [-0.4, -0.2) is 4.98 Å². The van der Waals surface area contributed by atoms with E-state index in [0.717, 1.165) is 5.69 Å². The zero-order chi connectivity index (χ0) is 18.8. The standard InChI is InChI=1S/C26H23N/c1-16-13-18-8-11-21-20-10-9-19(24-7-5-6-12-27-24)15-23(20)26(3,4)25(21)22(18)14-17(16)2/h5-15H,1-4H3. The molecular weight excluding hydrogens is 326 g/mol. The van der Waals surface area contributed by atoms with Crippen LogP contribution >= 0.6 is 0 Å². The first-order chi connectivity index (χ1) is 13.0. The molecule has 0 atom stereocenters. The molecule has 1 aliphatic carbocycles. The Morgan fingerprint density at radius 1 is 0.778 bits per heavy atom. The quantitative estimate of drug-likeness (QED) is 0.367. The topological polar surface area (TPSA) is 12.9 Å². The number of hydrogen-bond acceptors (Lipinski definition) is 1. The Balaban J connectivity index is 1.78. The minimum Gasteiger partial charge on any atom is -0.256 e. The van der Waals surface area contributed by atoms with Crippen molar-refractivity contribution < 1.29 is 0 Å². The predicted molar refractivity (Wildman–Crippen MR) is 114 cm³/mol. The summed E-state index contributed by atoms with van der Waals surface area (Å²) in [6, 6.07) is 22.2. The summed E-state index contributed by atoms with van der Waals surface area (Å²) < 4.78 is 0. The highest BCUT2D eigenvalue weighted by molar-refractivity contribution is 5.98. The molecule has 0 saturated carbocycles. The SMILES string of the molecule is Cc1cc2ccc3c(c2cc1C)C(C)(C)c1cc(-c2ccccn2)ccc1-3. The van der Waals surface area contributed by atoms with Gasteiger partial charge in [-0.2, -0.15) is 0 Å². The van der Waals surface area contributed by atoms with E-state index >= 15 is 0 Å². The van der Waals surface area contributed by atoms with Gasteiger partial charge in [0.25, 0.3) is 0 Å². The molecule has 0 radical (unpaired) electrons. The van der Waals surface area contributed by atoms with Crippen molar-refractivity contribution in [3.63, 3.8) is 0 Å². The second kappa shape index (κ2) is 5.53. The van der Waals surface area contributed by atoms with Gasteiger partial charge in [-0.3, -0.25) is 4.98 Å². The number of aryl methyl sites for hydroxylation is 2. The van der Waals surface area contributed by atoms with Crippen molar-refractivity contribution in [2.24, 2.45) is 0 Å². The normalized spacial score (nSPS) is 14.2. The van der Waals surface area contributed by atoms with E-state index in [1.807, 2.05) is 18.3 Å². The van der Waals surface area contributed by atoms with Crippen LogP contribution < -0.4 is 0 Å². The predicted octanol–water partition coefficient (Wildman–Crippen LogP) is 6.82. The maximum Gasteiger partial charge on any atom is 0.0702 e. The van der Waals surface area contributed by atoms with E-state index in [1.165, 1.54) is 49.7 Å². The number of aromatic nitrogens is 1. The Morgan fingerprint density at radius 3 is 2.33 bits per heavy atom. The zero-order valence-electron chi connectivity index (χ0n) is 16.3. The van der Waals surface area contributed by atoms with E-state index in [9.17, 15) is 0 Å². The summed E-state index contributed by atoms with van der Waals surface area (Å²) >= 11 is 0. The molecular formula is C26H23N. The van der Waals surface area contributed by atoms with Crippen molar-refractivity contribution in [3.05, 3.63) is 89.1 Å². The molecule has 0 spiro atoms. The summed E-state index contributed by atoms with van der Waals surface area (Å²) in [5.41, 5.74) is 10.5. The fourth-order valence-corrected chi connectivity index (χ4v) is 4.62. The Morgan fingerprint density at radius 2 is 1.56 bits per heavy atom. The first-order valence-corrected chi connectivity index (χ1v) is 9.57. The first kappa shape index (κ1) is 16.3. The van der Waals surface area contributed by atoms with Crippen molar-refractivity contribution in [2.75, 3.05) is 0 Å². The molecule has 0 saturated heterocycles. The highest BCUT2D eigenvalue weighted by Gasteiger charge is 2.37. The van der Waals surface area contributed by atoms with E-state index in [1.54, 1.807) is 0 Å². The summed E-state index contributed by atoms with van der Waals surface area (Å²) in [6.07, 6.45) is 1.86. The van der Waals surface area contributed by atoms with Crippen LogP contribution in [-0.2, 0) is 5.41 Å². The molecule has 0 N–H and O–H groups in total. The van der Waals surface area contributed by atoms with Gasteiger partial charge in [0, 0.05) is 17.2 Å². The lowest BCUT2D eigenvalue weighted by Crippen LogP contribution is -2.15.